The van der Waals surface area contributed by atoms with Crippen molar-refractivity contribution < 1.29 is 19.2 Å². The van der Waals surface area contributed by atoms with Gasteiger partial charge in [-0.2, -0.15) is 20.9 Å². The highest BCUT2D eigenvalue weighted by atomic mass is 16.2. The van der Waals surface area contributed by atoms with E-state index < -0.39 is 0 Å². The van der Waals surface area contributed by atoms with Crippen molar-refractivity contribution in [3.8, 4) is 45.6 Å². The topological polar surface area (TPSA) is 334 Å². The standard InChI is InChI=1S/C17H17N5O.3C15H13N5O/c1-11(2)14-5-3-4-6-15(14)18-17(23)13-9-7-12(8-10-13)16-19-21-22-20-16;2*1-10-2-8-13(9-3-10)16-15(21)12-6-4-11(5-7-12)14-17-19-20-18-14;1-10-3-2-4-13(9-10)16-15(21)12-7-5-11(6-8-12)14-17-19-20-18-14/h3-11H,1-2H3,(H,18,23)(H,19,20,21,22);3*2-9H,1H3,(H,16,21)(H,17,18,19,20). The molecule has 0 bridgehead atoms. The summed E-state index contributed by atoms with van der Waals surface area (Å²) in [6.45, 7) is 10.2. The van der Waals surface area contributed by atoms with Gasteiger partial charge in [0.25, 0.3) is 23.6 Å². The van der Waals surface area contributed by atoms with Gasteiger partial charge in [-0.25, -0.2) is 0 Å². The summed E-state index contributed by atoms with van der Waals surface area (Å²) in [5.41, 5.74) is 13.2. The monoisotopic (exact) mass is 1140 g/mol. The van der Waals surface area contributed by atoms with Crippen LogP contribution in [0.3, 0.4) is 0 Å². The van der Waals surface area contributed by atoms with E-state index >= 15 is 0 Å². The van der Waals surface area contributed by atoms with Crippen LogP contribution in [0.25, 0.3) is 45.6 Å². The van der Waals surface area contributed by atoms with E-state index in [0.717, 1.165) is 67.3 Å². The van der Waals surface area contributed by atoms with Gasteiger partial charge in [0.2, 0.25) is 23.3 Å². The van der Waals surface area contributed by atoms with Crippen LogP contribution in [0.2, 0.25) is 0 Å². The van der Waals surface area contributed by atoms with Crippen LogP contribution in [0.4, 0.5) is 22.7 Å². The fraction of sp³-hybridized carbons (Fsp3) is 0.0968. The van der Waals surface area contributed by atoms with Gasteiger partial charge in [-0.1, -0.05) is 128 Å². The number of benzene rings is 8. The van der Waals surface area contributed by atoms with Crippen LogP contribution in [0.1, 0.15) is 83.5 Å². The first-order chi connectivity index (χ1) is 41.8. The zero-order valence-corrected chi connectivity index (χ0v) is 47.1. The van der Waals surface area contributed by atoms with Gasteiger partial charge in [-0.05, 0) is 150 Å². The maximum absolute atomic E-state index is 12.4. The molecule has 0 unspecified atom stereocenters. The van der Waals surface area contributed by atoms with E-state index in [0.29, 0.717) is 51.5 Å². The first-order valence-corrected chi connectivity index (χ1v) is 26.7. The van der Waals surface area contributed by atoms with Crippen molar-refractivity contribution in [3.63, 3.8) is 0 Å². The molecule has 8 N–H and O–H groups in total. The molecule has 0 spiro atoms. The number of anilines is 4. The molecule has 8 aromatic carbocycles. The Bertz CT molecular complexity index is 3950. The molecule has 4 aromatic heterocycles. The van der Waals surface area contributed by atoms with Crippen LogP contribution in [0, 0.1) is 20.8 Å². The summed E-state index contributed by atoms with van der Waals surface area (Å²) < 4.78 is 0. The summed E-state index contributed by atoms with van der Waals surface area (Å²) in [4.78, 5) is 48.9. The molecule has 0 saturated carbocycles. The van der Waals surface area contributed by atoms with Crippen molar-refractivity contribution in [2.75, 3.05) is 21.3 Å². The van der Waals surface area contributed by atoms with Crippen molar-refractivity contribution in [3.05, 3.63) is 239 Å². The van der Waals surface area contributed by atoms with Crippen molar-refractivity contribution in [1.82, 2.24) is 82.5 Å². The van der Waals surface area contributed by atoms with Gasteiger partial charge in [0.05, 0.1) is 0 Å². The van der Waals surface area contributed by atoms with E-state index in [1.807, 2.05) is 118 Å². The van der Waals surface area contributed by atoms with E-state index in [1.54, 1.807) is 97.1 Å². The number of rotatable bonds is 13. The summed E-state index contributed by atoms with van der Waals surface area (Å²) in [6.07, 6.45) is 0. The third kappa shape index (κ3) is 16.3. The first-order valence-electron chi connectivity index (χ1n) is 26.7. The van der Waals surface area contributed by atoms with Crippen molar-refractivity contribution in [2.24, 2.45) is 0 Å². The lowest BCUT2D eigenvalue weighted by Crippen LogP contribution is -2.13. The second kappa shape index (κ2) is 28.6. The first kappa shape index (κ1) is 58.6. The minimum Gasteiger partial charge on any atom is -0.322 e. The highest BCUT2D eigenvalue weighted by Crippen LogP contribution is 2.25. The van der Waals surface area contributed by atoms with Gasteiger partial charge in [0.1, 0.15) is 0 Å². The van der Waals surface area contributed by atoms with Crippen molar-refractivity contribution in [2.45, 2.75) is 40.5 Å². The molecule has 0 saturated heterocycles. The van der Waals surface area contributed by atoms with Gasteiger partial charge in [-0.3, -0.25) is 19.2 Å². The lowest BCUT2D eigenvalue weighted by Gasteiger charge is -2.13. The number of nitrogens with one attached hydrogen (secondary N) is 8. The summed E-state index contributed by atoms with van der Waals surface area (Å²) in [6, 6.07) is 59.0. The Labute approximate surface area is 492 Å². The Morgan fingerprint density at radius 1 is 0.337 bits per heavy atom. The predicted molar refractivity (Wildman–Crippen MR) is 324 cm³/mol. The van der Waals surface area contributed by atoms with Gasteiger partial charge in [0.15, 0.2) is 0 Å². The molecule has 0 radical (unpaired) electrons. The Morgan fingerprint density at radius 3 is 0.977 bits per heavy atom. The molecule has 12 aromatic rings. The SMILES string of the molecule is CC(C)c1ccccc1NC(=O)c1ccc(-c2nn[nH]n2)cc1.Cc1ccc(NC(=O)c2ccc(-c3nn[nH]n3)cc2)cc1.Cc1ccc(NC(=O)c2ccc(-c3nn[nH]n3)cc2)cc1.Cc1cccc(NC(=O)c2ccc(-c3nn[nH]n3)cc2)c1. The van der Waals surface area contributed by atoms with E-state index in [2.05, 4.69) is 118 Å². The molecule has 4 amide bonds. The molecule has 0 aliphatic carbocycles. The zero-order valence-electron chi connectivity index (χ0n) is 47.1. The number of hydrogen-bond donors (Lipinski definition) is 8. The van der Waals surface area contributed by atoms with E-state index in [1.165, 1.54) is 0 Å². The van der Waals surface area contributed by atoms with Gasteiger partial charge in [0, 0.05) is 67.3 Å². The molecular formula is C62H56N20O4. The Balaban J connectivity index is 0.000000137. The lowest BCUT2D eigenvalue weighted by molar-refractivity contribution is 0.101. The molecule has 24 heteroatoms. The quantitative estimate of drug-likeness (QED) is 0.0532. The highest BCUT2D eigenvalue weighted by molar-refractivity contribution is 6.06. The fourth-order valence-corrected chi connectivity index (χ4v) is 8.13. The number of carbonyl (C=O) groups is 4. The third-order valence-corrected chi connectivity index (χ3v) is 12.7. The predicted octanol–water partition coefficient (Wildman–Crippen LogP) is 10.5. The number of aromatic nitrogens is 16. The number of carbonyl (C=O) groups excluding carboxylic acids is 4. The van der Waals surface area contributed by atoms with Crippen molar-refractivity contribution >= 4 is 46.4 Å². The minimum absolute atomic E-state index is 0.141. The Kier molecular flexibility index (Phi) is 19.5. The van der Waals surface area contributed by atoms with Gasteiger partial charge < -0.3 is 21.3 Å². The number of aromatic amines is 4. The van der Waals surface area contributed by atoms with Crippen LogP contribution >= 0.6 is 0 Å². The number of amides is 4. The van der Waals surface area contributed by atoms with Crippen LogP contribution in [0.5, 0.6) is 0 Å². The maximum Gasteiger partial charge on any atom is 0.255 e. The molecular weight excluding hydrogens is 1090 g/mol. The minimum atomic E-state index is -0.154. The molecule has 0 aliphatic rings. The van der Waals surface area contributed by atoms with Crippen LogP contribution < -0.4 is 21.3 Å². The van der Waals surface area contributed by atoms with Gasteiger partial charge >= 0.3 is 0 Å². The summed E-state index contributed by atoms with van der Waals surface area (Å²) in [7, 11) is 0. The second-order valence-corrected chi connectivity index (χ2v) is 19.4. The van der Waals surface area contributed by atoms with Crippen molar-refractivity contribution in [1.29, 1.82) is 0 Å². The maximum atomic E-state index is 12.4. The number of tetrazole rings is 4. The third-order valence-electron chi connectivity index (χ3n) is 12.7. The normalized spacial score (nSPS) is 10.4. The van der Waals surface area contributed by atoms with Crippen LogP contribution in [-0.2, 0) is 0 Å². The molecule has 428 valence electrons. The number of hydrogen-bond acceptors (Lipinski definition) is 16. The fourth-order valence-electron chi connectivity index (χ4n) is 8.13. The molecule has 24 nitrogen and oxygen atoms in total. The molecule has 86 heavy (non-hydrogen) atoms. The summed E-state index contributed by atoms with van der Waals surface area (Å²) >= 11 is 0. The number of para-hydroxylation sites is 1. The second-order valence-electron chi connectivity index (χ2n) is 19.4. The number of H-pyrrole nitrogens is 4. The van der Waals surface area contributed by atoms with Crippen LogP contribution in [0.15, 0.2) is 194 Å². The molecule has 12 rings (SSSR count). The summed E-state index contributed by atoms with van der Waals surface area (Å²) in [5, 5.41) is 66.3. The molecule has 0 fully saturated rings. The van der Waals surface area contributed by atoms with E-state index in [9.17, 15) is 19.2 Å². The van der Waals surface area contributed by atoms with Gasteiger partial charge in [-0.15, -0.1) is 40.8 Å². The molecule has 0 atom stereocenters. The Morgan fingerprint density at radius 2 is 0.663 bits per heavy atom. The van der Waals surface area contributed by atoms with E-state index in [4.69, 9.17) is 0 Å². The highest BCUT2D eigenvalue weighted by Gasteiger charge is 2.14. The molecule has 0 aliphatic heterocycles. The number of nitrogens with zero attached hydrogens (tertiary/aromatic N) is 12. The average Bonchev–Trinajstić information content (AvgIpc) is 4.57. The summed E-state index contributed by atoms with van der Waals surface area (Å²) in [5.74, 6) is 1.74. The smallest absolute Gasteiger partial charge is 0.255 e. The molecule has 4 heterocycles. The average molecular weight is 1150 g/mol. The largest absolute Gasteiger partial charge is 0.322 e. The Hall–Kier alpha value is -12.1. The van der Waals surface area contributed by atoms with E-state index in [-0.39, 0.29) is 23.6 Å². The zero-order chi connectivity index (χ0) is 60.2. The van der Waals surface area contributed by atoms with Crippen LogP contribution in [-0.4, -0.2) is 106 Å². The lowest BCUT2D eigenvalue weighted by atomic mass is 10.0. The number of aryl methyl sites for hydroxylation is 3.